The standard InChI is InChI=1S/C14H13Cl2N3O/c15-10-5-4-9(11(16)8-10)6-7-18-14(20)12-2-1-3-13(17)19-12/h1-5,8H,6-7H2,(H2,17,19)(H,18,20). The average Bonchev–Trinajstić information content (AvgIpc) is 2.41. The Bertz CT molecular complexity index is 632. The number of carbonyl (C=O) groups excluding carboxylic acids is 1. The summed E-state index contributed by atoms with van der Waals surface area (Å²) in [6.45, 7) is 0.455. The van der Waals surface area contributed by atoms with Crippen molar-refractivity contribution in [2.45, 2.75) is 6.42 Å². The molecule has 1 amide bonds. The molecule has 1 heterocycles. The van der Waals surface area contributed by atoms with Gasteiger partial charge in [-0.25, -0.2) is 4.98 Å². The molecule has 20 heavy (non-hydrogen) atoms. The van der Waals surface area contributed by atoms with Crippen LogP contribution in [0, 0.1) is 0 Å². The lowest BCUT2D eigenvalue weighted by Crippen LogP contribution is -2.26. The number of carbonyl (C=O) groups is 1. The SMILES string of the molecule is Nc1cccc(C(=O)NCCc2ccc(Cl)cc2Cl)n1. The number of nitrogen functional groups attached to an aromatic ring is 1. The average molecular weight is 310 g/mol. The number of nitrogens with two attached hydrogens (primary N) is 1. The molecule has 6 heteroatoms. The minimum Gasteiger partial charge on any atom is -0.384 e. The molecule has 0 aliphatic rings. The Labute approximate surface area is 126 Å². The van der Waals surface area contributed by atoms with Crippen LogP contribution in [-0.2, 0) is 6.42 Å². The van der Waals surface area contributed by atoms with Gasteiger partial charge in [0.1, 0.15) is 11.5 Å². The minimum atomic E-state index is -0.262. The summed E-state index contributed by atoms with van der Waals surface area (Å²) in [6, 6.07) is 10.2. The number of nitrogens with one attached hydrogen (secondary N) is 1. The lowest BCUT2D eigenvalue weighted by atomic mass is 10.1. The van der Waals surface area contributed by atoms with E-state index in [-0.39, 0.29) is 5.91 Å². The van der Waals surface area contributed by atoms with E-state index in [1.807, 2.05) is 6.07 Å². The first-order valence-corrected chi connectivity index (χ1v) is 6.76. The fourth-order valence-corrected chi connectivity index (χ4v) is 2.21. The number of rotatable bonds is 4. The molecule has 0 saturated carbocycles. The molecule has 2 aromatic rings. The lowest BCUT2D eigenvalue weighted by molar-refractivity contribution is 0.0949. The van der Waals surface area contributed by atoms with E-state index < -0.39 is 0 Å². The maximum Gasteiger partial charge on any atom is 0.269 e. The van der Waals surface area contributed by atoms with Crippen LogP contribution >= 0.6 is 23.2 Å². The Kier molecular flexibility index (Phi) is 4.82. The van der Waals surface area contributed by atoms with Crippen LogP contribution in [0.5, 0.6) is 0 Å². The maximum absolute atomic E-state index is 11.8. The number of hydrogen-bond acceptors (Lipinski definition) is 3. The Hall–Kier alpha value is -1.78. The van der Waals surface area contributed by atoms with Crippen molar-refractivity contribution in [1.29, 1.82) is 0 Å². The van der Waals surface area contributed by atoms with Gasteiger partial charge in [-0.3, -0.25) is 4.79 Å². The zero-order valence-corrected chi connectivity index (χ0v) is 12.1. The van der Waals surface area contributed by atoms with Crippen LogP contribution in [0.3, 0.4) is 0 Å². The number of benzene rings is 1. The zero-order valence-electron chi connectivity index (χ0n) is 10.6. The molecule has 3 N–H and O–H groups in total. The Balaban J connectivity index is 1.91. The molecule has 1 aromatic carbocycles. The highest BCUT2D eigenvalue weighted by Gasteiger charge is 2.07. The van der Waals surface area contributed by atoms with Crippen LogP contribution in [-0.4, -0.2) is 17.4 Å². The van der Waals surface area contributed by atoms with Gasteiger partial charge in [-0.1, -0.05) is 35.3 Å². The third-order valence-electron chi connectivity index (χ3n) is 2.70. The summed E-state index contributed by atoms with van der Waals surface area (Å²) in [5.74, 6) is 0.0563. The highest BCUT2D eigenvalue weighted by atomic mass is 35.5. The van der Waals surface area contributed by atoms with Gasteiger partial charge in [0.15, 0.2) is 0 Å². The predicted octanol–water partition coefficient (Wildman–Crippen LogP) is 2.94. The molecule has 0 atom stereocenters. The van der Waals surface area contributed by atoms with E-state index in [0.717, 1.165) is 5.56 Å². The summed E-state index contributed by atoms with van der Waals surface area (Å²) in [7, 11) is 0. The van der Waals surface area contributed by atoms with Gasteiger partial charge in [0.25, 0.3) is 5.91 Å². The summed E-state index contributed by atoms with van der Waals surface area (Å²) >= 11 is 11.9. The molecule has 2 rings (SSSR count). The van der Waals surface area contributed by atoms with Crippen LogP contribution in [0.2, 0.25) is 10.0 Å². The van der Waals surface area contributed by atoms with Gasteiger partial charge in [-0.05, 0) is 36.2 Å². The van der Waals surface area contributed by atoms with Gasteiger partial charge in [-0.15, -0.1) is 0 Å². The Morgan fingerprint density at radius 2 is 2.05 bits per heavy atom. The highest BCUT2D eigenvalue weighted by Crippen LogP contribution is 2.21. The molecule has 4 nitrogen and oxygen atoms in total. The molecule has 0 radical (unpaired) electrons. The number of hydrogen-bond donors (Lipinski definition) is 2. The summed E-state index contributed by atoms with van der Waals surface area (Å²) in [4.78, 5) is 15.8. The van der Waals surface area contributed by atoms with Crippen molar-refractivity contribution < 1.29 is 4.79 Å². The van der Waals surface area contributed by atoms with Crippen molar-refractivity contribution in [3.05, 3.63) is 57.7 Å². The molecule has 1 aromatic heterocycles. The van der Waals surface area contributed by atoms with Crippen LogP contribution in [0.1, 0.15) is 16.1 Å². The van der Waals surface area contributed by atoms with Gasteiger partial charge >= 0.3 is 0 Å². The van der Waals surface area contributed by atoms with E-state index >= 15 is 0 Å². The van der Waals surface area contributed by atoms with Crippen molar-refractivity contribution in [3.8, 4) is 0 Å². The Morgan fingerprint density at radius 3 is 2.75 bits per heavy atom. The quantitative estimate of drug-likeness (QED) is 0.912. The number of pyridine rings is 1. The number of anilines is 1. The second kappa shape index (κ2) is 6.59. The highest BCUT2D eigenvalue weighted by molar-refractivity contribution is 6.35. The third-order valence-corrected chi connectivity index (χ3v) is 3.29. The largest absolute Gasteiger partial charge is 0.384 e. The molecule has 0 saturated heterocycles. The second-order valence-electron chi connectivity index (χ2n) is 4.19. The fraction of sp³-hybridized carbons (Fsp3) is 0.143. The molecule has 0 spiro atoms. The van der Waals surface area contributed by atoms with Crippen LogP contribution in [0.15, 0.2) is 36.4 Å². The molecule has 0 aliphatic carbocycles. The predicted molar refractivity (Wildman–Crippen MR) is 81.1 cm³/mol. The van der Waals surface area contributed by atoms with Crippen LogP contribution in [0.4, 0.5) is 5.82 Å². The summed E-state index contributed by atoms with van der Waals surface area (Å²) < 4.78 is 0. The van der Waals surface area contributed by atoms with Crippen molar-refractivity contribution in [3.63, 3.8) is 0 Å². The minimum absolute atomic E-state index is 0.262. The molecular weight excluding hydrogens is 297 g/mol. The van der Waals surface area contributed by atoms with Crippen molar-refractivity contribution in [1.82, 2.24) is 10.3 Å². The normalized spacial score (nSPS) is 10.3. The van der Waals surface area contributed by atoms with E-state index in [9.17, 15) is 4.79 Å². The topological polar surface area (TPSA) is 68.0 Å². The van der Waals surface area contributed by atoms with Crippen LogP contribution < -0.4 is 11.1 Å². The van der Waals surface area contributed by atoms with Gasteiger partial charge in [-0.2, -0.15) is 0 Å². The van der Waals surface area contributed by atoms with Gasteiger partial charge < -0.3 is 11.1 Å². The molecule has 0 unspecified atom stereocenters. The molecule has 104 valence electrons. The van der Waals surface area contributed by atoms with E-state index in [4.69, 9.17) is 28.9 Å². The number of nitrogens with zero attached hydrogens (tertiary/aromatic N) is 1. The molecular formula is C14H13Cl2N3O. The van der Waals surface area contributed by atoms with E-state index in [1.54, 1.807) is 30.3 Å². The summed E-state index contributed by atoms with van der Waals surface area (Å²) in [5.41, 5.74) is 6.76. The van der Waals surface area contributed by atoms with E-state index in [2.05, 4.69) is 10.3 Å². The molecule has 0 fully saturated rings. The molecule has 0 aliphatic heterocycles. The van der Waals surface area contributed by atoms with Gasteiger partial charge in [0.05, 0.1) is 0 Å². The first-order chi connectivity index (χ1) is 9.56. The maximum atomic E-state index is 11.8. The monoisotopic (exact) mass is 309 g/mol. The molecule has 0 bridgehead atoms. The first-order valence-electron chi connectivity index (χ1n) is 6.01. The lowest BCUT2D eigenvalue weighted by Gasteiger charge is -2.07. The zero-order chi connectivity index (χ0) is 14.5. The van der Waals surface area contributed by atoms with Crippen molar-refractivity contribution >= 4 is 34.9 Å². The second-order valence-corrected chi connectivity index (χ2v) is 5.03. The smallest absolute Gasteiger partial charge is 0.269 e. The number of aromatic nitrogens is 1. The van der Waals surface area contributed by atoms with Crippen LogP contribution in [0.25, 0.3) is 0 Å². The van der Waals surface area contributed by atoms with Crippen molar-refractivity contribution in [2.75, 3.05) is 12.3 Å². The summed E-state index contributed by atoms with van der Waals surface area (Å²) in [5, 5.41) is 3.95. The Morgan fingerprint density at radius 1 is 1.25 bits per heavy atom. The van der Waals surface area contributed by atoms with E-state index in [0.29, 0.717) is 34.5 Å². The van der Waals surface area contributed by atoms with Crippen molar-refractivity contribution in [2.24, 2.45) is 0 Å². The number of halogens is 2. The van der Waals surface area contributed by atoms with E-state index in [1.165, 1.54) is 0 Å². The fourth-order valence-electron chi connectivity index (χ4n) is 1.70. The third kappa shape index (κ3) is 3.85. The first kappa shape index (κ1) is 14.6. The number of amides is 1. The van der Waals surface area contributed by atoms with Gasteiger partial charge in [0.2, 0.25) is 0 Å². The van der Waals surface area contributed by atoms with Gasteiger partial charge in [0, 0.05) is 16.6 Å². The summed E-state index contributed by atoms with van der Waals surface area (Å²) in [6.07, 6.45) is 0.615.